The fraction of sp³-hybridized carbons (Fsp3) is 0.600. The van der Waals surface area contributed by atoms with Crippen LogP contribution in [-0.2, 0) is 0 Å². The highest BCUT2D eigenvalue weighted by Crippen LogP contribution is 2.35. The highest BCUT2D eigenvalue weighted by molar-refractivity contribution is 9.10. The van der Waals surface area contributed by atoms with Gasteiger partial charge in [-0.1, -0.05) is 6.07 Å². The van der Waals surface area contributed by atoms with Crippen molar-refractivity contribution in [3.63, 3.8) is 0 Å². The number of hydrogen-bond donors (Lipinski definition) is 1. The van der Waals surface area contributed by atoms with E-state index in [2.05, 4.69) is 26.1 Å². The Hall–Kier alpha value is -0.500. The molecule has 132 valence electrons. The summed E-state index contributed by atoms with van der Waals surface area (Å²) in [5.74, 6) is 0.679. The van der Waals surface area contributed by atoms with E-state index in [1.807, 2.05) is 12.1 Å². The molecule has 1 fully saturated rings. The molecule has 1 aliphatic heterocycles. The Morgan fingerprint density at radius 3 is 2.48 bits per heavy atom. The SMILES string of the molecule is COc1ccc([C@H](CCC(F)(F)F)N2CCNCC2)cc1Br.Cl. The summed E-state index contributed by atoms with van der Waals surface area (Å²) in [6.07, 6.45) is -4.83. The van der Waals surface area contributed by atoms with Gasteiger partial charge in [-0.05, 0) is 40.0 Å². The standard InChI is InChI=1S/C15H20BrF3N2O.ClH/c1-22-14-3-2-11(10-12(14)16)13(4-5-15(17,18)19)21-8-6-20-7-9-21;/h2-3,10,13,20H,4-9H2,1H3;1H/t13-;/m0./s1. The van der Waals surface area contributed by atoms with E-state index >= 15 is 0 Å². The number of halogens is 5. The molecule has 1 aliphatic rings. The van der Waals surface area contributed by atoms with Crippen LogP contribution in [0.3, 0.4) is 0 Å². The van der Waals surface area contributed by atoms with Gasteiger partial charge in [-0.25, -0.2) is 0 Å². The molecular weight excluding hydrogens is 397 g/mol. The van der Waals surface area contributed by atoms with Gasteiger partial charge in [0.15, 0.2) is 0 Å². The summed E-state index contributed by atoms with van der Waals surface area (Å²) in [7, 11) is 1.57. The van der Waals surface area contributed by atoms with Gasteiger partial charge in [-0.3, -0.25) is 4.90 Å². The van der Waals surface area contributed by atoms with E-state index in [-0.39, 0.29) is 24.9 Å². The van der Waals surface area contributed by atoms with Gasteiger partial charge in [-0.2, -0.15) is 13.2 Å². The molecule has 3 nitrogen and oxygen atoms in total. The monoisotopic (exact) mass is 416 g/mol. The van der Waals surface area contributed by atoms with E-state index in [4.69, 9.17) is 4.74 Å². The number of nitrogens with one attached hydrogen (secondary N) is 1. The first-order valence-corrected chi connectivity index (χ1v) is 8.05. The lowest BCUT2D eigenvalue weighted by atomic mass is 9.99. The second-order valence-corrected chi connectivity index (χ2v) is 6.20. The van der Waals surface area contributed by atoms with Crippen molar-refractivity contribution in [2.45, 2.75) is 25.1 Å². The van der Waals surface area contributed by atoms with Crippen LogP contribution in [0.2, 0.25) is 0 Å². The van der Waals surface area contributed by atoms with Crippen LogP contribution in [0.15, 0.2) is 22.7 Å². The Kier molecular flexibility index (Phi) is 8.13. The third-order valence-corrected chi connectivity index (χ3v) is 4.47. The molecule has 1 aromatic carbocycles. The van der Waals surface area contributed by atoms with Gasteiger partial charge in [0.25, 0.3) is 0 Å². The van der Waals surface area contributed by atoms with Gasteiger partial charge in [0.1, 0.15) is 5.75 Å². The normalized spacial score (nSPS) is 17.4. The molecule has 0 bridgehead atoms. The average Bonchev–Trinajstić information content (AvgIpc) is 2.47. The first-order chi connectivity index (χ1) is 10.4. The van der Waals surface area contributed by atoms with Crippen LogP contribution in [0.25, 0.3) is 0 Å². The molecule has 1 saturated heterocycles. The zero-order chi connectivity index (χ0) is 16.2. The maximum Gasteiger partial charge on any atom is 0.389 e. The van der Waals surface area contributed by atoms with E-state index in [0.717, 1.165) is 36.2 Å². The molecule has 0 radical (unpaired) electrons. The highest BCUT2D eigenvalue weighted by atomic mass is 79.9. The number of ether oxygens (including phenoxy) is 1. The second-order valence-electron chi connectivity index (χ2n) is 5.35. The number of benzene rings is 1. The molecule has 8 heteroatoms. The maximum atomic E-state index is 12.6. The van der Waals surface area contributed by atoms with Crippen LogP contribution >= 0.6 is 28.3 Å². The van der Waals surface area contributed by atoms with Crippen molar-refractivity contribution in [1.29, 1.82) is 0 Å². The number of alkyl halides is 3. The fourth-order valence-electron chi connectivity index (χ4n) is 2.74. The minimum atomic E-state index is -4.13. The molecule has 0 spiro atoms. The zero-order valence-electron chi connectivity index (χ0n) is 12.8. The summed E-state index contributed by atoms with van der Waals surface area (Å²) in [6, 6.07) is 5.28. The van der Waals surface area contributed by atoms with Crippen molar-refractivity contribution >= 4 is 28.3 Å². The van der Waals surface area contributed by atoms with Gasteiger partial charge in [0.05, 0.1) is 11.6 Å². The average molecular weight is 418 g/mol. The van der Waals surface area contributed by atoms with E-state index < -0.39 is 12.6 Å². The molecular formula is C15H21BrClF3N2O. The van der Waals surface area contributed by atoms with Crippen molar-refractivity contribution in [2.24, 2.45) is 0 Å². The largest absolute Gasteiger partial charge is 0.496 e. The van der Waals surface area contributed by atoms with Crippen LogP contribution in [0.5, 0.6) is 5.75 Å². The minimum absolute atomic E-state index is 0. The lowest BCUT2D eigenvalue weighted by Gasteiger charge is -2.35. The molecule has 1 N–H and O–H groups in total. The van der Waals surface area contributed by atoms with Crippen molar-refractivity contribution in [1.82, 2.24) is 10.2 Å². The third kappa shape index (κ3) is 6.14. The topological polar surface area (TPSA) is 24.5 Å². The van der Waals surface area contributed by atoms with E-state index in [0.29, 0.717) is 5.75 Å². The van der Waals surface area contributed by atoms with E-state index in [1.54, 1.807) is 13.2 Å². The first kappa shape index (κ1) is 20.5. The van der Waals surface area contributed by atoms with Crippen molar-refractivity contribution in [3.05, 3.63) is 28.2 Å². The summed E-state index contributed by atoms with van der Waals surface area (Å²) < 4.78 is 43.9. The summed E-state index contributed by atoms with van der Waals surface area (Å²) in [6.45, 7) is 3.12. The third-order valence-electron chi connectivity index (χ3n) is 3.85. The van der Waals surface area contributed by atoms with Gasteiger partial charge >= 0.3 is 6.18 Å². The van der Waals surface area contributed by atoms with Crippen LogP contribution in [-0.4, -0.2) is 44.4 Å². The Morgan fingerprint density at radius 2 is 1.96 bits per heavy atom. The molecule has 0 saturated carbocycles. The summed E-state index contributed by atoms with van der Waals surface area (Å²) in [5, 5.41) is 3.23. The summed E-state index contributed by atoms with van der Waals surface area (Å²) in [5.41, 5.74) is 0.888. The number of hydrogen-bond acceptors (Lipinski definition) is 3. The van der Waals surface area contributed by atoms with Gasteiger partial charge in [0, 0.05) is 38.6 Å². The van der Waals surface area contributed by atoms with Crippen LogP contribution in [0.4, 0.5) is 13.2 Å². The number of methoxy groups -OCH3 is 1. The lowest BCUT2D eigenvalue weighted by molar-refractivity contribution is -0.138. The highest BCUT2D eigenvalue weighted by Gasteiger charge is 2.31. The molecule has 0 aliphatic carbocycles. The van der Waals surface area contributed by atoms with Gasteiger partial charge < -0.3 is 10.1 Å². The molecule has 0 unspecified atom stereocenters. The second kappa shape index (κ2) is 9.11. The summed E-state index contributed by atoms with van der Waals surface area (Å²) in [4.78, 5) is 2.12. The summed E-state index contributed by atoms with van der Waals surface area (Å²) >= 11 is 3.41. The smallest absolute Gasteiger partial charge is 0.389 e. The fourth-order valence-corrected chi connectivity index (χ4v) is 3.30. The van der Waals surface area contributed by atoms with Gasteiger partial charge in [-0.15, -0.1) is 12.4 Å². The Morgan fingerprint density at radius 1 is 1.30 bits per heavy atom. The maximum absolute atomic E-state index is 12.6. The van der Waals surface area contributed by atoms with E-state index in [9.17, 15) is 13.2 Å². The minimum Gasteiger partial charge on any atom is -0.496 e. The molecule has 0 amide bonds. The predicted octanol–water partition coefficient (Wildman–Crippen LogP) is 4.17. The van der Waals surface area contributed by atoms with Crippen molar-refractivity contribution in [2.75, 3.05) is 33.3 Å². The van der Waals surface area contributed by atoms with Crippen LogP contribution < -0.4 is 10.1 Å². The van der Waals surface area contributed by atoms with E-state index in [1.165, 1.54) is 0 Å². The Labute approximate surface area is 149 Å². The van der Waals surface area contributed by atoms with Crippen molar-refractivity contribution < 1.29 is 17.9 Å². The van der Waals surface area contributed by atoms with Crippen LogP contribution in [0, 0.1) is 0 Å². The molecule has 1 heterocycles. The molecule has 1 aromatic rings. The predicted molar refractivity (Wildman–Crippen MR) is 90.4 cm³/mol. The molecule has 2 rings (SSSR count). The van der Waals surface area contributed by atoms with Crippen LogP contribution in [0.1, 0.15) is 24.4 Å². The van der Waals surface area contributed by atoms with Crippen molar-refractivity contribution in [3.8, 4) is 5.75 Å². The molecule has 0 aromatic heterocycles. The number of nitrogens with zero attached hydrogens (tertiary/aromatic N) is 1. The Bertz CT molecular complexity index is 496. The quantitative estimate of drug-likeness (QED) is 0.778. The lowest BCUT2D eigenvalue weighted by Crippen LogP contribution is -2.45. The number of rotatable bonds is 5. The number of piperazine rings is 1. The Balaban J connectivity index is 0.00000264. The molecule has 23 heavy (non-hydrogen) atoms. The first-order valence-electron chi connectivity index (χ1n) is 7.25. The molecule has 1 atom stereocenters. The van der Waals surface area contributed by atoms with Gasteiger partial charge in [0.2, 0.25) is 0 Å². The zero-order valence-corrected chi connectivity index (χ0v) is 15.2.